The van der Waals surface area contributed by atoms with Gasteiger partial charge in [0.25, 0.3) is 0 Å². The minimum atomic E-state index is -0.966. The van der Waals surface area contributed by atoms with Gasteiger partial charge in [-0.05, 0) is 63.1 Å². The van der Waals surface area contributed by atoms with E-state index in [4.69, 9.17) is 14.2 Å². The van der Waals surface area contributed by atoms with Gasteiger partial charge in [-0.3, -0.25) is 4.79 Å². The van der Waals surface area contributed by atoms with E-state index in [1.165, 1.54) is 0 Å². The third-order valence-electron chi connectivity index (χ3n) is 3.45. The molecule has 0 fully saturated rings. The average molecular weight is 471 g/mol. The molecule has 2 atom stereocenters. The summed E-state index contributed by atoms with van der Waals surface area (Å²) in [4.78, 5) is 36.3. The molecule has 0 unspecified atom stereocenters. The number of amides is 1. The summed E-state index contributed by atoms with van der Waals surface area (Å²) in [7, 11) is 0. The molecule has 146 valence electrons. The molecule has 0 aliphatic carbocycles. The lowest BCUT2D eigenvalue weighted by Crippen LogP contribution is -2.48. The second kappa shape index (κ2) is 10.2. The maximum Gasteiger partial charge on any atom is 0.408 e. The molecule has 0 saturated carbocycles. The van der Waals surface area contributed by atoms with Gasteiger partial charge in [0.1, 0.15) is 22.9 Å². The Morgan fingerprint density at radius 1 is 1.08 bits per heavy atom. The van der Waals surface area contributed by atoms with Crippen molar-refractivity contribution in [3.05, 3.63) is 0 Å². The third kappa shape index (κ3) is 9.27. The Balaban J connectivity index is 4.91. The lowest BCUT2D eigenvalue weighted by atomic mass is 9.95. The van der Waals surface area contributed by atoms with Crippen LogP contribution in [0.15, 0.2) is 0 Å². The minimum absolute atomic E-state index is 0.135. The molecule has 0 saturated heterocycles. The number of hydrogen-bond donors (Lipinski definition) is 1. The van der Waals surface area contributed by atoms with Crippen molar-refractivity contribution in [2.45, 2.75) is 66.5 Å². The van der Waals surface area contributed by atoms with Crippen molar-refractivity contribution in [3.8, 4) is 0 Å². The van der Waals surface area contributed by atoms with Gasteiger partial charge in [0.2, 0.25) is 0 Å². The summed E-state index contributed by atoms with van der Waals surface area (Å²) in [5, 5.41) is 2.56. The Kier molecular flexibility index (Phi) is 9.75. The zero-order valence-corrected chi connectivity index (χ0v) is 18.3. The molecule has 0 bridgehead atoms. The van der Waals surface area contributed by atoms with E-state index in [2.05, 4.69) is 5.32 Å². The predicted molar refractivity (Wildman–Crippen MR) is 102 cm³/mol. The number of alkyl carbamates (subject to hydrolysis) is 1. The van der Waals surface area contributed by atoms with Crippen molar-refractivity contribution in [2.24, 2.45) is 11.3 Å². The van der Waals surface area contributed by atoms with Crippen LogP contribution in [-0.4, -0.2) is 40.9 Å². The van der Waals surface area contributed by atoms with Gasteiger partial charge in [-0.2, -0.15) is 0 Å². The van der Waals surface area contributed by atoms with E-state index in [1.807, 2.05) is 36.4 Å². The van der Waals surface area contributed by atoms with Crippen molar-refractivity contribution < 1.29 is 28.6 Å². The molecule has 0 spiro atoms. The van der Waals surface area contributed by atoms with Gasteiger partial charge in [0.05, 0.1) is 5.41 Å². The summed E-state index contributed by atoms with van der Waals surface area (Å²) in [5.74, 6) is -1.20. The van der Waals surface area contributed by atoms with Crippen molar-refractivity contribution in [3.63, 3.8) is 0 Å². The Morgan fingerprint density at radius 2 is 1.64 bits per heavy atom. The maximum absolute atomic E-state index is 12.4. The van der Waals surface area contributed by atoms with E-state index in [-0.39, 0.29) is 17.1 Å². The fourth-order valence-corrected chi connectivity index (χ4v) is 2.03. The number of alkyl halides is 1. The first kappa shape index (κ1) is 23.9. The van der Waals surface area contributed by atoms with Crippen LogP contribution in [0.25, 0.3) is 0 Å². The van der Waals surface area contributed by atoms with Crippen molar-refractivity contribution >= 4 is 40.6 Å². The van der Waals surface area contributed by atoms with Crippen molar-refractivity contribution in [2.75, 3.05) is 11.2 Å². The summed E-state index contributed by atoms with van der Waals surface area (Å²) in [6.07, 6.45) is -0.0196. The Morgan fingerprint density at radius 3 is 2.08 bits per heavy atom. The summed E-state index contributed by atoms with van der Waals surface area (Å²) < 4.78 is 15.7. The molecule has 0 aromatic rings. The molecule has 0 aromatic heterocycles. The normalized spacial score (nSPS) is 14.2. The van der Waals surface area contributed by atoms with Gasteiger partial charge in [-0.15, -0.1) is 0 Å². The Bertz CT molecular complexity index is 472. The molecular weight excluding hydrogens is 441 g/mol. The zero-order valence-electron chi connectivity index (χ0n) is 16.1. The number of hydrogen-bond acceptors (Lipinski definition) is 6. The highest BCUT2D eigenvalue weighted by Crippen LogP contribution is 2.20. The van der Waals surface area contributed by atoms with Gasteiger partial charge in [0.15, 0.2) is 0 Å². The molecule has 0 aliphatic rings. The smallest absolute Gasteiger partial charge is 0.408 e. The minimum Gasteiger partial charge on any atom is -0.463 e. The summed E-state index contributed by atoms with van der Waals surface area (Å²) in [6.45, 7) is 12.1. The van der Waals surface area contributed by atoms with Crippen LogP contribution in [0.5, 0.6) is 0 Å². The van der Waals surface area contributed by atoms with E-state index >= 15 is 0 Å². The van der Waals surface area contributed by atoms with Gasteiger partial charge >= 0.3 is 18.0 Å². The van der Waals surface area contributed by atoms with Crippen molar-refractivity contribution in [1.82, 2.24) is 5.32 Å². The first-order valence-electron chi connectivity index (χ1n) is 8.23. The molecule has 0 rings (SSSR count). The van der Waals surface area contributed by atoms with Crippen molar-refractivity contribution in [1.29, 1.82) is 0 Å². The standard InChI is InChI=1S/C17H30INO6/c1-8-11(2)12(19-15(22)25-16(3,4)5)13(20)23-9-17(6,7)14(21)24-10-18/h11-12H,8-10H2,1-7H3,(H,19,22)/t11-,12-/m0/s1. The Hall–Kier alpha value is -1.06. The number of ether oxygens (including phenoxy) is 3. The van der Waals surface area contributed by atoms with E-state index in [0.29, 0.717) is 6.42 Å². The molecule has 25 heavy (non-hydrogen) atoms. The number of halogens is 1. The molecule has 0 heterocycles. The lowest BCUT2D eigenvalue weighted by Gasteiger charge is -2.27. The van der Waals surface area contributed by atoms with E-state index in [9.17, 15) is 14.4 Å². The molecule has 0 radical (unpaired) electrons. The first-order valence-corrected chi connectivity index (χ1v) is 9.76. The summed E-state index contributed by atoms with van der Waals surface area (Å²) in [6, 6.07) is -0.851. The molecule has 8 heteroatoms. The van der Waals surface area contributed by atoms with Crippen LogP contribution < -0.4 is 5.32 Å². The van der Waals surface area contributed by atoms with E-state index in [0.717, 1.165) is 0 Å². The molecule has 1 N–H and O–H groups in total. The van der Waals surface area contributed by atoms with Gasteiger partial charge in [0, 0.05) is 0 Å². The Labute approximate surface area is 163 Å². The van der Waals surface area contributed by atoms with Crippen LogP contribution in [0.3, 0.4) is 0 Å². The molecular formula is C17H30INO6. The molecule has 0 aliphatic heterocycles. The van der Waals surface area contributed by atoms with Gasteiger partial charge in [-0.25, -0.2) is 9.59 Å². The van der Waals surface area contributed by atoms with Crippen LogP contribution in [0.2, 0.25) is 0 Å². The highest BCUT2D eigenvalue weighted by Gasteiger charge is 2.34. The van der Waals surface area contributed by atoms with E-state index in [1.54, 1.807) is 34.6 Å². The first-order chi connectivity index (χ1) is 11.3. The summed E-state index contributed by atoms with van der Waals surface area (Å²) in [5.41, 5.74) is -1.63. The second-order valence-electron chi connectivity index (χ2n) is 7.54. The number of carbonyl (C=O) groups is 3. The SMILES string of the molecule is CC[C@H](C)[C@H](NC(=O)OC(C)(C)C)C(=O)OCC(C)(C)C(=O)OCI. The predicted octanol–water partition coefficient (Wildman–Crippen LogP) is 3.43. The van der Waals surface area contributed by atoms with Gasteiger partial charge in [-0.1, -0.05) is 20.3 Å². The average Bonchev–Trinajstić information content (AvgIpc) is 2.48. The highest BCUT2D eigenvalue weighted by molar-refractivity contribution is 14.1. The number of esters is 2. The van der Waals surface area contributed by atoms with Crippen LogP contribution in [0.1, 0.15) is 54.9 Å². The maximum atomic E-state index is 12.4. The molecule has 1 amide bonds. The van der Waals surface area contributed by atoms with Crippen LogP contribution in [0, 0.1) is 11.3 Å². The lowest BCUT2D eigenvalue weighted by molar-refractivity contribution is -0.161. The number of nitrogens with one attached hydrogen (secondary N) is 1. The zero-order chi connectivity index (χ0) is 19.8. The quantitative estimate of drug-likeness (QED) is 0.253. The van der Waals surface area contributed by atoms with Crippen LogP contribution in [-0.2, 0) is 23.8 Å². The molecule has 0 aromatic carbocycles. The van der Waals surface area contributed by atoms with Crippen LogP contribution >= 0.6 is 22.6 Å². The fourth-order valence-electron chi connectivity index (χ4n) is 1.75. The summed E-state index contributed by atoms with van der Waals surface area (Å²) >= 11 is 1.92. The molecule has 7 nitrogen and oxygen atoms in total. The topological polar surface area (TPSA) is 90.9 Å². The van der Waals surface area contributed by atoms with E-state index < -0.39 is 35.1 Å². The monoisotopic (exact) mass is 471 g/mol. The van der Waals surface area contributed by atoms with Gasteiger partial charge < -0.3 is 19.5 Å². The van der Waals surface area contributed by atoms with Crippen LogP contribution in [0.4, 0.5) is 4.79 Å². The number of rotatable bonds is 8. The highest BCUT2D eigenvalue weighted by atomic mass is 127. The second-order valence-corrected chi connectivity index (χ2v) is 8.16. The number of carbonyl (C=O) groups excluding carboxylic acids is 3. The largest absolute Gasteiger partial charge is 0.463 e. The fraction of sp³-hybridized carbons (Fsp3) is 0.824. The third-order valence-corrected chi connectivity index (χ3v) is 3.76.